The highest BCUT2D eigenvalue weighted by molar-refractivity contribution is 5.92. The molecule has 4 N–H and O–H groups in total. The second-order valence-electron chi connectivity index (χ2n) is 8.48. The summed E-state index contributed by atoms with van der Waals surface area (Å²) in [7, 11) is 2.05. The number of urea groups is 1. The number of carbonyl (C=O) groups excluding carboxylic acids is 1. The van der Waals surface area contributed by atoms with Gasteiger partial charge in [0.1, 0.15) is 5.82 Å². The van der Waals surface area contributed by atoms with E-state index in [4.69, 9.17) is 5.41 Å². The summed E-state index contributed by atoms with van der Waals surface area (Å²) in [5.41, 5.74) is 4.40. The summed E-state index contributed by atoms with van der Waals surface area (Å²) in [6, 6.07) is 15.8. The number of hydrogen-bond acceptors (Lipinski definition) is 6. The molecule has 1 aliphatic heterocycles. The molecule has 0 bridgehead atoms. The maximum Gasteiger partial charge on any atom is 0.320 e. The minimum atomic E-state index is -0.281. The van der Waals surface area contributed by atoms with Crippen molar-refractivity contribution < 1.29 is 4.79 Å². The number of likely N-dealkylation sites (N-methyl/N-ethyl adjacent to an activating group) is 1. The molecular weight excluding hydrogens is 426 g/mol. The number of hydrogen-bond donors (Lipinski definition) is 4. The Morgan fingerprint density at radius 1 is 1.15 bits per heavy atom. The molecule has 8 nitrogen and oxygen atoms in total. The van der Waals surface area contributed by atoms with Gasteiger partial charge in [0.05, 0.1) is 11.9 Å². The van der Waals surface area contributed by atoms with E-state index in [1.807, 2.05) is 37.3 Å². The Kier molecular flexibility index (Phi) is 8.70. The molecule has 1 aromatic carbocycles. The molecule has 2 atom stereocenters. The van der Waals surface area contributed by atoms with Gasteiger partial charge in [0, 0.05) is 48.0 Å². The number of nitrogens with one attached hydrogen (secondary N) is 4. The summed E-state index contributed by atoms with van der Waals surface area (Å²) in [5.74, 6) is 0.404. The van der Waals surface area contributed by atoms with Crippen molar-refractivity contribution in [1.82, 2.24) is 20.2 Å². The Morgan fingerprint density at radius 3 is 2.50 bits per heavy atom. The van der Waals surface area contributed by atoms with Gasteiger partial charge < -0.3 is 20.9 Å². The monoisotopic (exact) mass is 459 g/mol. The molecule has 3 aromatic rings. The van der Waals surface area contributed by atoms with E-state index in [2.05, 4.69) is 63.8 Å². The zero-order chi connectivity index (χ0) is 24.5. The number of rotatable bonds is 5. The van der Waals surface area contributed by atoms with Gasteiger partial charge in [-0.3, -0.25) is 10.3 Å². The standard InChI is InChI=1S/C19H25N7O.C7H8/c1-12-8-15(4-6-21-12)23-17-11-22-18(9-14(17)10-20)25-19(27)24-16-5-7-26(3)13(16)2;1-7-5-3-2-4-6-7/h4,6,8-11,13,16,20H,5,7H2,1-3H3,(H,21,23)(H2,22,24,25,27);2-6H,1H3. The van der Waals surface area contributed by atoms with Gasteiger partial charge in [0.25, 0.3) is 0 Å². The van der Waals surface area contributed by atoms with Gasteiger partial charge in [-0.25, -0.2) is 9.78 Å². The van der Waals surface area contributed by atoms with Gasteiger partial charge >= 0.3 is 6.03 Å². The Hall–Kier alpha value is -3.78. The van der Waals surface area contributed by atoms with E-state index in [0.29, 0.717) is 23.1 Å². The zero-order valence-electron chi connectivity index (χ0n) is 20.2. The highest BCUT2D eigenvalue weighted by atomic mass is 16.2. The van der Waals surface area contributed by atoms with E-state index in [9.17, 15) is 4.79 Å². The van der Waals surface area contributed by atoms with Crippen LogP contribution in [0.5, 0.6) is 0 Å². The second-order valence-corrected chi connectivity index (χ2v) is 8.48. The molecule has 1 aliphatic rings. The van der Waals surface area contributed by atoms with Gasteiger partial charge in [-0.1, -0.05) is 35.9 Å². The SMILES string of the molecule is Cc1cc(Nc2cnc(NC(=O)NC3CCN(C)C3C)cc2C=N)ccn1.Cc1ccccc1. The third-order valence-corrected chi connectivity index (χ3v) is 5.84. The lowest BCUT2D eigenvalue weighted by Crippen LogP contribution is -2.44. The topological polar surface area (TPSA) is 106 Å². The maximum absolute atomic E-state index is 12.3. The van der Waals surface area contributed by atoms with E-state index < -0.39 is 0 Å². The molecule has 0 radical (unpaired) electrons. The number of amides is 2. The molecule has 0 aliphatic carbocycles. The molecule has 178 valence electrons. The van der Waals surface area contributed by atoms with Crippen molar-refractivity contribution in [2.45, 2.75) is 39.3 Å². The van der Waals surface area contributed by atoms with Gasteiger partial charge in [-0.2, -0.15) is 0 Å². The summed E-state index contributed by atoms with van der Waals surface area (Å²) in [4.78, 5) is 22.9. The quantitative estimate of drug-likeness (QED) is 0.413. The normalized spacial score (nSPS) is 17.3. The van der Waals surface area contributed by atoms with E-state index in [1.165, 1.54) is 11.8 Å². The molecule has 2 unspecified atom stereocenters. The third kappa shape index (κ3) is 7.11. The zero-order valence-corrected chi connectivity index (χ0v) is 20.2. The Labute approximate surface area is 201 Å². The molecule has 0 spiro atoms. The molecule has 1 saturated heterocycles. The lowest BCUT2D eigenvalue weighted by atomic mass is 10.1. The summed E-state index contributed by atoms with van der Waals surface area (Å²) >= 11 is 0. The highest BCUT2D eigenvalue weighted by Crippen LogP contribution is 2.21. The minimum absolute atomic E-state index is 0.119. The lowest BCUT2D eigenvalue weighted by molar-refractivity contribution is 0.242. The van der Waals surface area contributed by atoms with Crippen LogP contribution in [0, 0.1) is 19.3 Å². The van der Waals surface area contributed by atoms with Crippen molar-refractivity contribution in [2.75, 3.05) is 24.2 Å². The van der Waals surface area contributed by atoms with Crippen LogP contribution in [0.1, 0.15) is 30.2 Å². The predicted molar refractivity (Wildman–Crippen MR) is 138 cm³/mol. The first-order valence-corrected chi connectivity index (χ1v) is 11.4. The summed E-state index contributed by atoms with van der Waals surface area (Å²) in [6.07, 6.45) is 5.49. The molecule has 3 heterocycles. The van der Waals surface area contributed by atoms with Crippen molar-refractivity contribution in [3.8, 4) is 0 Å². The molecule has 34 heavy (non-hydrogen) atoms. The van der Waals surface area contributed by atoms with Crippen molar-refractivity contribution in [2.24, 2.45) is 0 Å². The number of aryl methyl sites for hydroxylation is 2. The largest absolute Gasteiger partial charge is 0.354 e. The fraction of sp³-hybridized carbons (Fsp3) is 0.308. The molecule has 4 rings (SSSR count). The number of carbonyl (C=O) groups is 1. The van der Waals surface area contributed by atoms with Gasteiger partial charge in [0.2, 0.25) is 0 Å². The van der Waals surface area contributed by atoms with Crippen LogP contribution in [0.25, 0.3) is 0 Å². The predicted octanol–water partition coefficient (Wildman–Crippen LogP) is 4.74. The summed E-state index contributed by atoms with van der Waals surface area (Å²) < 4.78 is 0. The van der Waals surface area contributed by atoms with Crippen molar-refractivity contribution in [3.05, 3.63) is 77.7 Å². The van der Waals surface area contributed by atoms with Crippen LogP contribution in [0.15, 0.2) is 60.9 Å². The van der Waals surface area contributed by atoms with Crippen molar-refractivity contribution >= 4 is 29.4 Å². The number of pyridine rings is 2. The van der Waals surface area contributed by atoms with Gasteiger partial charge in [-0.05, 0) is 52.4 Å². The highest BCUT2D eigenvalue weighted by Gasteiger charge is 2.29. The van der Waals surface area contributed by atoms with E-state index in [-0.39, 0.29) is 12.1 Å². The molecule has 1 fully saturated rings. The van der Waals surface area contributed by atoms with E-state index in [0.717, 1.165) is 24.3 Å². The lowest BCUT2D eigenvalue weighted by Gasteiger charge is -2.21. The Balaban J connectivity index is 0.000000396. The van der Waals surface area contributed by atoms with Crippen LogP contribution in [-0.2, 0) is 0 Å². The van der Waals surface area contributed by atoms with Crippen LogP contribution in [0.4, 0.5) is 22.0 Å². The number of benzene rings is 1. The molecule has 2 amide bonds. The fourth-order valence-electron chi connectivity index (χ4n) is 3.68. The van der Waals surface area contributed by atoms with Crippen LogP contribution in [0.2, 0.25) is 0 Å². The van der Waals surface area contributed by atoms with Crippen molar-refractivity contribution in [1.29, 1.82) is 5.41 Å². The number of anilines is 3. The van der Waals surface area contributed by atoms with Crippen LogP contribution < -0.4 is 16.0 Å². The average Bonchev–Trinajstić information content (AvgIpc) is 3.13. The minimum Gasteiger partial charge on any atom is -0.354 e. The third-order valence-electron chi connectivity index (χ3n) is 5.84. The maximum atomic E-state index is 12.3. The first-order chi connectivity index (χ1) is 16.4. The summed E-state index contributed by atoms with van der Waals surface area (Å²) in [6.45, 7) is 7.07. The van der Waals surface area contributed by atoms with Crippen molar-refractivity contribution in [3.63, 3.8) is 0 Å². The average molecular weight is 460 g/mol. The fourth-order valence-corrected chi connectivity index (χ4v) is 3.68. The first kappa shape index (κ1) is 24.9. The Morgan fingerprint density at radius 2 is 1.91 bits per heavy atom. The molecule has 0 saturated carbocycles. The number of aromatic nitrogens is 2. The van der Waals surface area contributed by atoms with E-state index in [1.54, 1.807) is 18.5 Å². The summed E-state index contributed by atoms with van der Waals surface area (Å²) in [5, 5.41) is 16.6. The molecule has 8 heteroatoms. The van der Waals surface area contributed by atoms with Crippen LogP contribution in [0.3, 0.4) is 0 Å². The van der Waals surface area contributed by atoms with E-state index >= 15 is 0 Å². The van der Waals surface area contributed by atoms with Gasteiger partial charge in [0.15, 0.2) is 0 Å². The smallest absolute Gasteiger partial charge is 0.320 e. The van der Waals surface area contributed by atoms with Crippen LogP contribution in [-0.4, -0.2) is 52.8 Å². The first-order valence-electron chi connectivity index (χ1n) is 11.4. The molecular formula is C26H33N7O. The van der Waals surface area contributed by atoms with Crippen LogP contribution >= 0.6 is 0 Å². The molecule has 2 aromatic heterocycles. The number of nitrogens with zero attached hydrogens (tertiary/aromatic N) is 3. The Bertz CT molecular complexity index is 1100. The second kappa shape index (κ2) is 11.9. The van der Waals surface area contributed by atoms with Gasteiger partial charge in [-0.15, -0.1) is 0 Å². The number of likely N-dealkylation sites (tertiary alicyclic amines) is 1.